The summed E-state index contributed by atoms with van der Waals surface area (Å²) in [6.45, 7) is 0.111. The zero-order chi connectivity index (χ0) is 16.4. The third-order valence-corrected chi connectivity index (χ3v) is 3.99. The van der Waals surface area contributed by atoms with Crippen molar-refractivity contribution in [1.29, 1.82) is 0 Å². The van der Waals surface area contributed by atoms with Crippen molar-refractivity contribution in [2.24, 2.45) is 0 Å². The van der Waals surface area contributed by atoms with Crippen LogP contribution in [0.25, 0.3) is 0 Å². The van der Waals surface area contributed by atoms with Crippen LogP contribution in [0.4, 0.5) is 8.78 Å². The van der Waals surface area contributed by atoms with Gasteiger partial charge in [0.1, 0.15) is 11.6 Å². The quantitative estimate of drug-likeness (QED) is 0.944. The van der Waals surface area contributed by atoms with E-state index in [0.29, 0.717) is 0 Å². The van der Waals surface area contributed by atoms with E-state index in [9.17, 15) is 18.7 Å². The first-order valence-corrected chi connectivity index (χ1v) is 7.36. The van der Waals surface area contributed by atoms with Gasteiger partial charge in [-0.05, 0) is 36.2 Å². The summed E-state index contributed by atoms with van der Waals surface area (Å²) in [7, 11) is 0. The van der Waals surface area contributed by atoms with Crippen molar-refractivity contribution in [3.63, 3.8) is 0 Å². The number of aromatic nitrogens is 1. The molecule has 1 N–H and O–H groups in total. The van der Waals surface area contributed by atoms with E-state index in [-0.39, 0.29) is 30.9 Å². The standard InChI is InChI=1S/C17H16F2N2O2/c18-12-3-4-15(19)14(7-12)16-8-13(22)10-21(16)17(23)6-11-2-1-5-20-9-11/h1-5,7,9,13,16,22H,6,8,10H2/t13-,16-/m0/s1. The topological polar surface area (TPSA) is 53.4 Å². The van der Waals surface area contributed by atoms with Crippen LogP contribution in [0.3, 0.4) is 0 Å². The second kappa shape index (κ2) is 6.42. The van der Waals surface area contributed by atoms with Crippen molar-refractivity contribution < 1.29 is 18.7 Å². The number of halogens is 2. The Hall–Kier alpha value is -2.34. The number of nitrogens with zero attached hydrogens (tertiary/aromatic N) is 2. The monoisotopic (exact) mass is 318 g/mol. The van der Waals surface area contributed by atoms with Crippen LogP contribution in [0, 0.1) is 11.6 Å². The van der Waals surface area contributed by atoms with Crippen molar-refractivity contribution in [3.05, 3.63) is 65.5 Å². The smallest absolute Gasteiger partial charge is 0.227 e. The van der Waals surface area contributed by atoms with Crippen LogP contribution in [0.5, 0.6) is 0 Å². The van der Waals surface area contributed by atoms with Gasteiger partial charge in [0.25, 0.3) is 0 Å². The number of carbonyl (C=O) groups is 1. The van der Waals surface area contributed by atoms with E-state index in [1.807, 2.05) is 0 Å². The average molecular weight is 318 g/mol. The zero-order valence-electron chi connectivity index (χ0n) is 12.3. The maximum Gasteiger partial charge on any atom is 0.227 e. The molecular formula is C17H16F2N2O2. The van der Waals surface area contributed by atoms with Crippen LogP contribution in [-0.4, -0.2) is 33.5 Å². The molecular weight excluding hydrogens is 302 g/mol. The highest BCUT2D eigenvalue weighted by molar-refractivity contribution is 5.79. The molecule has 0 spiro atoms. The Morgan fingerprint density at radius 2 is 2.17 bits per heavy atom. The molecule has 1 saturated heterocycles. The lowest BCUT2D eigenvalue weighted by molar-refractivity contribution is -0.131. The van der Waals surface area contributed by atoms with E-state index in [2.05, 4.69) is 4.98 Å². The molecule has 1 amide bonds. The Balaban J connectivity index is 1.85. The molecule has 2 atom stereocenters. The molecule has 2 heterocycles. The number of benzene rings is 1. The number of amides is 1. The second-order valence-electron chi connectivity index (χ2n) is 5.66. The summed E-state index contributed by atoms with van der Waals surface area (Å²) in [5, 5.41) is 9.88. The van der Waals surface area contributed by atoms with Gasteiger partial charge in [0, 0.05) is 24.5 Å². The first-order chi connectivity index (χ1) is 11.0. The minimum Gasteiger partial charge on any atom is -0.391 e. The van der Waals surface area contributed by atoms with Gasteiger partial charge >= 0.3 is 0 Å². The summed E-state index contributed by atoms with van der Waals surface area (Å²) < 4.78 is 27.4. The molecule has 1 aliphatic rings. The lowest BCUT2D eigenvalue weighted by Gasteiger charge is -2.25. The number of aliphatic hydroxyl groups is 1. The first-order valence-electron chi connectivity index (χ1n) is 7.36. The summed E-state index contributed by atoms with van der Waals surface area (Å²) in [4.78, 5) is 17.9. The van der Waals surface area contributed by atoms with E-state index in [0.717, 1.165) is 23.8 Å². The molecule has 1 aromatic heterocycles. The summed E-state index contributed by atoms with van der Waals surface area (Å²) in [6, 6.07) is 6.00. The highest BCUT2D eigenvalue weighted by Gasteiger charge is 2.36. The molecule has 1 aliphatic heterocycles. The van der Waals surface area contributed by atoms with Crippen molar-refractivity contribution in [2.75, 3.05) is 6.54 Å². The summed E-state index contributed by atoms with van der Waals surface area (Å²) in [6.07, 6.45) is 2.74. The SMILES string of the molecule is O=C(Cc1cccnc1)N1C[C@@H](O)C[C@H]1c1cc(F)ccc1F. The number of hydrogen-bond donors (Lipinski definition) is 1. The fourth-order valence-electron chi connectivity index (χ4n) is 2.93. The number of likely N-dealkylation sites (tertiary alicyclic amines) is 1. The van der Waals surface area contributed by atoms with E-state index in [1.54, 1.807) is 24.5 Å². The number of carbonyl (C=O) groups excluding carboxylic acids is 1. The Kier molecular flexibility index (Phi) is 4.34. The van der Waals surface area contributed by atoms with Crippen LogP contribution in [-0.2, 0) is 11.2 Å². The van der Waals surface area contributed by atoms with Gasteiger partial charge in [-0.2, -0.15) is 0 Å². The third kappa shape index (κ3) is 3.37. The zero-order valence-corrected chi connectivity index (χ0v) is 12.3. The Morgan fingerprint density at radius 1 is 1.35 bits per heavy atom. The lowest BCUT2D eigenvalue weighted by Crippen LogP contribution is -2.33. The van der Waals surface area contributed by atoms with Gasteiger partial charge in [-0.15, -0.1) is 0 Å². The van der Waals surface area contributed by atoms with Crippen molar-refractivity contribution in [3.8, 4) is 0 Å². The summed E-state index contributed by atoms with van der Waals surface area (Å²) >= 11 is 0. The maximum absolute atomic E-state index is 14.0. The molecule has 0 radical (unpaired) electrons. The van der Waals surface area contributed by atoms with Crippen LogP contribution in [0.2, 0.25) is 0 Å². The van der Waals surface area contributed by atoms with Crippen LogP contribution < -0.4 is 0 Å². The molecule has 0 saturated carbocycles. The lowest BCUT2D eigenvalue weighted by atomic mass is 10.0. The van der Waals surface area contributed by atoms with E-state index >= 15 is 0 Å². The third-order valence-electron chi connectivity index (χ3n) is 3.99. The second-order valence-corrected chi connectivity index (χ2v) is 5.66. The van der Waals surface area contributed by atoms with Crippen LogP contribution in [0.15, 0.2) is 42.7 Å². The summed E-state index contributed by atoms with van der Waals surface area (Å²) in [5.41, 5.74) is 0.832. The summed E-state index contributed by atoms with van der Waals surface area (Å²) in [5.74, 6) is -1.39. The predicted octanol–water partition coefficient (Wildman–Crippen LogP) is 2.24. The Bertz CT molecular complexity index is 709. The highest BCUT2D eigenvalue weighted by atomic mass is 19.1. The van der Waals surface area contributed by atoms with Gasteiger partial charge in [-0.3, -0.25) is 9.78 Å². The van der Waals surface area contributed by atoms with Crippen LogP contribution in [0.1, 0.15) is 23.6 Å². The molecule has 0 unspecified atom stereocenters. The number of aliphatic hydroxyl groups excluding tert-OH is 1. The highest BCUT2D eigenvalue weighted by Crippen LogP contribution is 2.34. The van der Waals surface area contributed by atoms with Gasteiger partial charge in [-0.25, -0.2) is 8.78 Å². The van der Waals surface area contributed by atoms with Gasteiger partial charge in [0.05, 0.1) is 18.6 Å². The molecule has 1 aromatic carbocycles. The van der Waals surface area contributed by atoms with Gasteiger partial charge < -0.3 is 10.0 Å². The Morgan fingerprint density at radius 3 is 2.91 bits per heavy atom. The van der Waals surface area contributed by atoms with Crippen molar-refractivity contribution >= 4 is 5.91 Å². The number of rotatable bonds is 3. The molecule has 0 aliphatic carbocycles. The molecule has 120 valence electrons. The molecule has 4 nitrogen and oxygen atoms in total. The normalized spacial score (nSPS) is 20.7. The Labute approximate surface area is 132 Å². The molecule has 1 fully saturated rings. The molecule has 0 bridgehead atoms. The van der Waals surface area contributed by atoms with E-state index in [4.69, 9.17) is 0 Å². The fourth-order valence-corrected chi connectivity index (χ4v) is 2.93. The molecule has 3 rings (SSSR count). The van der Waals surface area contributed by atoms with Crippen LogP contribution >= 0.6 is 0 Å². The molecule has 6 heteroatoms. The van der Waals surface area contributed by atoms with Gasteiger partial charge in [0.15, 0.2) is 0 Å². The largest absolute Gasteiger partial charge is 0.391 e. The number of pyridine rings is 1. The van der Waals surface area contributed by atoms with Gasteiger partial charge in [-0.1, -0.05) is 6.07 Å². The van der Waals surface area contributed by atoms with E-state index < -0.39 is 23.8 Å². The average Bonchev–Trinajstić information content (AvgIpc) is 2.92. The minimum absolute atomic E-state index is 0.0982. The van der Waals surface area contributed by atoms with E-state index in [1.165, 1.54) is 4.90 Å². The number of hydrogen-bond acceptors (Lipinski definition) is 3. The first kappa shape index (κ1) is 15.6. The maximum atomic E-state index is 14.0. The van der Waals surface area contributed by atoms with Crippen molar-refractivity contribution in [1.82, 2.24) is 9.88 Å². The molecule has 2 aromatic rings. The van der Waals surface area contributed by atoms with Gasteiger partial charge in [0.2, 0.25) is 5.91 Å². The minimum atomic E-state index is -0.750. The fraction of sp³-hybridized carbons (Fsp3) is 0.294. The number of β-amino-alcohol motifs (C(OH)–C–C–N with tert-alkyl or cyclic N) is 1. The predicted molar refractivity (Wildman–Crippen MR) is 79.4 cm³/mol. The molecule has 23 heavy (non-hydrogen) atoms. The van der Waals surface area contributed by atoms with Crippen molar-refractivity contribution in [2.45, 2.75) is 25.0 Å².